The van der Waals surface area contributed by atoms with E-state index in [1.54, 1.807) is 0 Å². The Morgan fingerprint density at radius 2 is 1.00 bits per heavy atom. The molecule has 0 saturated carbocycles. The molecule has 54 heavy (non-hydrogen) atoms. The van der Waals surface area contributed by atoms with Crippen LogP contribution in [0.4, 0.5) is 0 Å². The Morgan fingerprint density at radius 1 is 0.389 bits per heavy atom. The zero-order valence-corrected chi connectivity index (χ0v) is 32.5. The van der Waals surface area contributed by atoms with Crippen LogP contribution in [0.15, 0.2) is 140 Å². The number of hydrogen-bond donors (Lipinski definition) is 0. The lowest BCUT2D eigenvalue weighted by atomic mass is 9.77. The maximum absolute atomic E-state index is 2.54. The Kier molecular flexibility index (Phi) is 7.09. The van der Waals surface area contributed by atoms with Crippen molar-refractivity contribution >= 4 is 21.5 Å². The lowest BCUT2D eigenvalue weighted by Gasteiger charge is -2.28. The fraction of sp³-hybridized carbons (Fsp3) is 0.185. The van der Waals surface area contributed by atoms with Gasteiger partial charge in [0.2, 0.25) is 0 Å². The predicted octanol–water partition coefficient (Wildman–Crippen LogP) is 15.1. The van der Waals surface area contributed by atoms with Gasteiger partial charge in [0.25, 0.3) is 0 Å². The van der Waals surface area contributed by atoms with Crippen molar-refractivity contribution in [2.24, 2.45) is 0 Å². The average Bonchev–Trinajstić information content (AvgIpc) is 3.71. The first-order chi connectivity index (χ1) is 26.0. The van der Waals surface area contributed by atoms with Gasteiger partial charge in [0.05, 0.1) is 0 Å². The summed E-state index contributed by atoms with van der Waals surface area (Å²) in [6.45, 7) is 16.4. The molecule has 0 saturated heterocycles. The summed E-state index contributed by atoms with van der Waals surface area (Å²) in [4.78, 5) is 0. The van der Waals surface area contributed by atoms with E-state index in [-0.39, 0.29) is 10.8 Å². The summed E-state index contributed by atoms with van der Waals surface area (Å²) < 4.78 is 0. The molecule has 2 aliphatic carbocycles. The van der Waals surface area contributed by atoms with E-state index in [1.165, 1.54) is 116 Å². The third-order valence-electron chi connectivity index (χ3n) is 12.4. The van der Waals surface area contributed by atoms with Crippen LogP contribution in [0.2, 0.25) is 0 Å². The van der Waals surface area contributed by atoms with Crippen molar-refractivity contribution in [2.45, 2.75) is 65.7 Å². The van der Waals surface area contributed by atoms with Crippen molar-refractivity contribution in [3.63, 3.8) is 0 Å². The second-order valence-electron chi connectivity index (χ2n) is 17.7. The molecule has 0 fully saturated rings. The molecule has 2 aliphatic rings. The van der Waals surface area contributed by atoms with Gasteiger partial charge in [-0.1, -0.05) is 175 Å². The maximum atomic E-state index is 2.54. The molecule has 10 rings (SSSR count). The van der Waals surface area contributed by atoms with Gasteiger partial charge in [-0.05, 0) is 146 Å². The second kappa shape index (κ2) is 11.6. The molecule has 8 aromatic carbocycles. The third-order valence-corrected chi connectivity index (χ3v) is 12.4. The van der Waals surface area contributed by atoms with E-state index < -0.39 is 0 Å². The first kappa shape index (κ1) is 32.9. The van der Waals surface area contributed by atoms with Gasteiger partial charge in [0.1, 0.15) is 0 Å². The maximum Gasteiger partial charge on any atom is -0.000398 e. The quantitative estimate of drug-likeness (QED) is 0.162. The highest BCUT2D eigenvalue weighted by Crippen LogP contribution is 2.57. The second-order valence-corrected chi connectivity index (χ2v) is 17.7. The van der Waals surface area contributed by atoms with E-state index in [9.17, 15) is 0 Å². The number of rotatable bonds is 3. The Labute approximate surface area is 320 Å². The summed E-state index contributed by atoms with van der Waals surface area (Å²) in [5, 5.41) is 5.42. The summed E-state index contributed by atoms with van der Waals surface area (Å²) in [6.07, 6.45) is 0.900. The molecule has 0 atom stereocenters. The van der Waals surface area contributed by atoms with Gasteiger partial charge < -0.3 is 0 Å². The fourth-order valence-corrected chi connectivity index (χ4v) is 9.78. The monoisotopic (exact) mass is 694 g/mol. The molecule has 0 unspecified atom stereocenters. The summed E-state index contributed by atoms with van der Waals surface area (Å²) in [6, 6.07) is 53.0. The smallest absolute Gasteiger partial charge is 0.000398 e. The van der Waals surface area contributed by atoms with Gasteiger partial charge in [-0.25, -0.2) is 0 Å². The molecule has 0 spiro atoms. The summed E-state index contributed by atoms with van der Waals surface area (Å²) in [5.41, 5.74) is 23.3. The molecule has 8 aromatic rings. The zero-order valence-electron chi connectivity index (χ0n) is 32.5. The Hall–Kier alpha value is -5.72. The SMILES string of the molecule is Cc1c(-c2cc(C(C)(C)C)ccc2C(C)(C)C)ccc2c1Cc1c-2c(-c2ccccc2)c2cc3c4c(cccc4c2c1-c1ccccc1)-c1ccccc1-3. The molecule has 0 heteroatoms. The zero-order chi connectivity index (χ0) is 37.1. The number of hydrogen-bond acceptors (Lipinski definition) is 0. The van der Waals surface area contributed by atoms with Crippen LogP contribution in [0.1, 0.15) is 69.4 Å². The molecule has 0 aliphatic heterocycles. The van der Waals surface area contributed by atoms with Crippen LogP contribution in [0.3, 0.4) is 0 Å². The minimum Gasteiger partial charge on any atom is -0.0622 e. The summed E-state index contributed by atoms with van der Waals surface area (Å²) in [7, 11) is 0. The highest BCUT2D eigenvalue weighted by atomic mass is 14.4. The first-order valence-electron chi connectivity index (χ1n) is 19.6. The minimum absolute atomic E-state index is 0.0140. The van der Waals surface area contributed by atoms with Gasteiger partial charge >= 0.3 is 0 Å². The molecule has 0 heterocycles. The van der Waals surface area contributed by atoms with Crippen molar-refractivity contribution in [3.05, 3.63) is 167 Å². The van der Waals surface area contributed by atoms with E-state index in [4.69, 9.17) is 0 Å². The highest BCUT2D eigenvalue weighted by molar-refractivity contribution is 6.30. The van der Waals surface area contributed by atoms with Crippen LogP contribution in [-0.2, 0) is 17.3 Å². The average molecular weight is 695 g/mol. The molecule has 0 radical (unpaired) electrons. The van der Waals surface area contributed by atoms with Crippen molar-refractivity contribution < 1.29 is 0 Å². The number of benzene rings is 8. The van der Waals surface area contributed by atoms with Crippen LogP contribution in [-0.4, -0.2) is 0 Å². The fourth-order valence-electron chi connectivity index (χ4n) is 9.78. The first-order valence-corrected chi connectivity index (χ1v) is 19.6. The van der Waals surface area contributed by atoms with E-state index >= 15 is 0 Å². The van der Waals surface area contributed by atoms with Gasteiger partial charge in [0.15, 0.2) is 0 Å². The van der Waals surface area contributed by atoms with Gasteiger partial charge in [-0.15, -0.1) is 0 Å². The Morgan fingerprint density at radius 3 is 1.67 bits per heavy atom. The molecule has 262 valence electrons. The largest absolute Gasteiger partial charge is 0.0622 e. The van der Waals surface area contributed by atoms with Crippen LogP contribution in [0.25, 0.3) is 88.3 Å². The van der Waals surface area contributed by atoms with Gasteiger partial charge in [0, 0.05) is 0 Å². The Balaban J connectivity index is 1.34. The van der Waals surface area contributed by atoms with Gasteiger partial charge in [-0.3, -0.25) is 0 Å². The molecular formula is C54H46. The lowest BCUT2D eigenvalue weighted by molar-refractivity contribution is 0.578. The van der Waals surface area contributed by atoms with E-state index in [0.717, 1.165) is 6.42 Å². The van der Waals surface area contributed by atoms with Crippen molar-refractivity contribution in [1.29, 1.82) is 0 Å². The van der Waals surface area contributed by atoms with Crippen LogP contribution < -0.4 is 0 Å². The van der Waals surface area contributed by atoms with E-state index in [1.807, 2.05) is 0 Å². The van der Waals surface area contributed by atoms with Gasteiger partial charge in [-0.2, -0.15) is 0 Å². The Bertz CT molecular complexity index is 2840. The standard InChI is InChI=1S/C54H46/c1-32-36(43-29-35(53(2,3)4)25-28-47(43)54(5,6)7)26-27-40-42(32)30-45-49(34-19-12-9-13-20-34)52-41-24-16-23-39-37-21-14-15-22-38(37)44(50(39)41)31-46(52)48(51(40)45)33-17-10-8-11-18-33/h8-29,31H,30H2,1-7H3. The van der Waals surface area contributed by atoms with Crippen LogP contribution in [0.5, 0.6) is 0 Å². The van der Waals surface area contributed by atoms with Crippen LogP contribution in [0, 0.1) is 6.92 Å². The molecule has 0 aromatic heterocycles. The summed E-state index contributed by atoms with van der Waals surface area (Å²) >= 11 is 0. The van der Waals surface area contributed by atoms with E-state index in [0.29, 0.717) is 0 Å². The summed E-state index contributed by atoms with van der Waals surface area (Å²) in [5.74, 6) is 0. The third kappa shape index (κ3) is 4.75. The van der Waals surface area contributed by atoms with Crippen molar-refractivity contribution in [2.75, 3.05) is 0 Å². The molecule has 0 nitrogen and oxygen atoms in total. The molecule has 0 bridgehead atoms. The highest BCUT2D eigenvalue weighted by Gasteiger charge is 2.34. The van der Waals surface area contributed by atoms with E-state index in [2.05, 4.69) is 188 Å². The normalized spacial score (nSPS) is 13.0. The van der Waals surface area contributed by atoms with Crippen molar-refractivity contribution in [3.8, 4) is 66.8 Å². The number of fused-ring (bicyclic) bond motifs is 8. The van der Waals surface area contributed by atoms with Crippen molar-refractivity contribution in [1.82, 2.24) is 0 Å². The lowest BCUT2D eigenvalue weighted by Crippen LogP contribution is -2.16. The molecule has 0 amide bonds. The minimum atomic E-state index is 0.0140. The predicted molar refractivity (Wildman–Crippen MR) is 233 cm³/mol. The molecular weight excluding hydrogens is 649 g/mol. The molecule has 0 N–H and O–H groups in total. The van der Waals surface area contributed by atoms with Crippen LogP contribution >= 0.6 is 0 Å². The topological polar surface area (TPSA) is 0 Å².